The van der Waals surface area contributed by atoms with Crippen LogP contribution in [0.2, 0.25) is 0 Å². The van der Waals surface area contributed by atoms with Crippen molar-refractivity contribution in [2.45, 2.75) is 58.9 Å². The van der Waals surface area contributed by atoms with E-state index in [4.69, 9.17) is 4.42 Å². The molecule has 3 nitrogen and oxygen atoms in total. The van der Waals surface area contributed by atoms with E-state index in [-0.39, 0.29) is 0 Å². The molecule has 4 rings (SSSR count). The summed E-state index contributed by atoms with van der Waals surface area (Å²) in [7, 11) is 0. The molecular formula is C20H27NO2. The van der Waals surface area contributed by atoms with Crippen molar-refractivity contribution in [3.8, 4) is 0 Å². The Morgan fingerprint density at radius 3 is 2.91 bits per heavy atom. The molecule has 23 heavy (non-hydrogen) atoms. The lowest BCUT2D eigenvalue weighted by molar-refractivity contribution is -0.115. The summed E-state index contributed by atoms with van der Waals surface area (Å²) < 4.78 is 5.52. The second-order valence-electron chi connectivity index (χ2n) is 8.30. The molecular weight excluding hydrogens is 286 g/mol. The van der Waals surface area contributed by atoms with Crippen molar-refractivity contribution < 1.29 is 9.21 Å². The third-order valence-corrected chi connectivity index (χ3v) is 6.58. The first-order valence-electron chi connectivity index (χ1n) is 9.01. The molecule has 1 aromatic rings. The van der Waals surface area contributed by atoms with Gasteiger partial charge in [0.2, 0.25) is 0 Å². The maximum Gasteiger partial charge on any atom is 0.161 e. The molecule has 0 aromatic carbocycles. The van der Waals surface area contributed by atoms with E-state index in [2.05, 4.69) is 32.2 Å². The topological polar surface area (TPSA) is 42.2 Å². The molecule has 0 spiro atoms. The van der Waals surface area contributed by atoms with E-state index in [1.54, 1.807) is 6.26 Å². The van der Waals surface area contributed by atoms with Gasteiger partial charge in [0.15, 0.2) is 5.78 Å². The SMILES string of the molecule is CC(NC1CCCC1Cc1ccco1)=C1C(=O)CC2C1C2(C)C. The summed E-state index contributed by atoms with van der Waals surface area (Å²) in [6.45, 7) is 6.72. The number of furan rings is 1. The Morgan fingerprint density at radius 2 is 2.22 bits per heavy atom. The van der Waals surface area contributed by atoms with Crippen molar-refractivity contribution in [2.24, 2.45) is 23.2 Å². The number of nitrogens with one attached hydrogen (secondary N) is 1. The van der Waals surface area contributed by atoms with E-state index in [9.17, 15) is 4.79 Å². The molecule has 1 heterocycles. The van der Waals surface area contributed by atoms with Gasteiger partial charge in [0.1, 0.15) is 5.76 Å². The van der Waals surface area contributed by atoms with Crippen LogP contribution >= 0.6 is 0 Å². The number of fused-ring (bicyclic) bond motifs is 1. The van der Waals surface area contributed by atoms with Gasteiger partial charge in [-0.1, -0.05) is 20.3 Å². The molecule has 0 amide bonds. The van der Waals surface area contributed by atoms with Crippen LogP contribution in [0.15, 0.2) is 34.1 Å². The van der Waals surface area contributed by atoms with Crippen LogP contribution in [0.5, 0.6) is 0 Å². The predicted molar refractivity (Wildman–Crippen MR) is 89.8 cm³/mol. The van der Waals surface area contributed by atoms with E-state index < -0.39 is 0 Å². The number of ketones is 1. The number of Topliss-reactive ketones (excluding diaryl/α,β-unsaturated/α-hetero) is 1. The smallest absolute Gasteiger partial charge is 0.161 e. The molecule has 3 heteroatoms. The van der Waals surface area contributed by atoms with E-state index in [1.165, 1.54) is 19.3 Å². The quantitative estimate of drug-likeness (QED) is 0.851. The molecule has 3 aliphatic carbocycles. The maximum absolute atomic E-state index is 12.3. The van der Waals surface area contributed by atoms with Gasteiger partial charge < -0.3 is 9.73 Å². The highest BCUT2D eigenvalue weighted by Gasteiger charge is 2.65. The van der Waals surface area contributed by atoms with Gasteiger partial charge in [-0.25, -0.2) is 0 Å². The van der Waals surface area contributed by atoms with Crippen LogP contribution in [-0.4, -0.2) is 11.8 Å². The molecule has 1 aromatic heterocycles. The monoisotopic (exact) mass is 313 g/mol. The van der Waals surface area contributed by atoms with Crippen LogP contribution in [-0.2, 0) is 11.2 Å². The summed E-state index contributed by atoms with van der Waals surface area (Å²) in [5.41, 5.74) is 2.57. The summed E-state index contributed by atoms with van der Waals surface area (Å²) >= 11 is 0. The molecule has 1 N–H and O–H groups in total. The van der Waals surface area contributed by atoms with Gasteiger partial charge in [0.25, 0.3) is 0 Å². The molecule has 0 saturated heterocycles. The molecule has 4 unspecified atom stereocenters. The fraction of sp³-hybridized carbons (Fsp3) is 0.650. The molecule has 3 aliphatic rings. The summed E-state index contributed by atoms with van der Waals surface area (Å²) in [6.07, 6.45) is 7.21. The fourth-order valence-corrected chi connectivity index (χ4v) is 5.14. The Bertz CT molecular complexity index is 641. The van der Waals surface area contributed by atoms with Gasteiger partial charge in [0.05, 0.1) is 6.26 Å². The molecule has 3 fully saturated rings. The van der Waals surface area contributed by atoms with Crippen LogP contribution in [0.4, 0.5) is 0 Å². The number of carbonyl (C=O) groups excluding carboxylic acids is 1. The summed E-state index contributed by atoms with van der Waals surface area (Å²) in [5.74, 6) is 3.15. The van der Waals surface area contributed by atoms with Crippen molar-refractivity contribution in [3.63, 3.8) is 0 Å². The van der Waals surface area contributed by atoms with Gasteiger partial charge in [-0.3, -0.25) is 4.79 Å². The minimum atomic E-state index is 0.329. The van der Waals surface area contributed by atoms with Gasteiger partial charge in [-0.2, -0.15) is 0 Å². The minimum absolute atomic E-state index is 0.329. The van der Waals surface area contributed by atoms with Crippen molar-refractivity contribution in [1.82, 2.24) is 5.32 Å². The molecule has 0 bridgehead atoms. The van der Waals surface area contributed by atoms with Crippen molar-refractivity contribution in [3.05, 3.63) is 35.4 Å². The van der Waals surface area contributed by atoms with Gasteiger partial charge in [-0.15, -0.1) is 0 Å². The molecule has 3 saturated carbocycles. The Kier molecular flexibility index (Phi) is 3.44. The molecule has 0 radical (unpaired) electrons. The molecule has 124 valence electrons. The lowest BCUT2D eigenvalue weighted by Crippen LogP contribution is -2.33. The van der Waals surface area contributed by atoms with Crippen LogP contribution < -0.4 is 5.32 Å². The highest BCUT2D eigenvalue weighted by atomic mass is 16.3. The Balaban J connectivity index is 1.48. The highest BCUT2D eigenvalue weighted by molar-refractivity contribution is 6.01. The largest absolute Gasteiger partial charge is 0.469 e. The van der Waals surface area contributed by atoms with Crippen LogP contribution in [0, 0.1) is 23.2 Å². The number of rotatable bonds is 4. The molecule has 0 aliphatic heterocycles. The summed E-state index contributed by atoms with van der Waals surface area (Å²) in [5, 5.41) is 3.73. The second kappa shape index (κ2) is 5.25. The zero-order valence-corrected chi connectivity index (χ0v) is 14.4. The van der Waals surface area contributed by atoms with E-state index in [1.807, 2.05) is 6.07 Å². The van der Waals surface area contributed by atoms with Gasteiger partial charge in [0, 0.05) is 30.2 Å². The minimum Gasteiger partial charge on any atom is -0.469 e. The van der Waals surface area contributed by atoms with E-state index in [0.717, 1.165) is 29.9 Å². The third kappa shape index (κ3) is 2.45. The highest BCUT2D eigenvalue weighted by Crippen LogP contribution is 2.68. The van der Waals surface area contributed by atoms with Crippen molar-refractivity contribution in [1.29, 1.82) is 0 Å². The predicted octanol–water partition coefficient (Wildman–Crippen LogP) is 4.10. The van der Waals surface area contributed by atoms with Crippen LogP contribution in [0.3, 0.4) is 0 Å². The number of allylic oxidation sites excluding steroid dienone is 2. The summed E-state index contributed by atoms with van der Waals surface area (Å²) in [6, 6.07) is 4.51. The van der Waals surface area contributed by atoms with Crippen molar-refractivity contribution >= 4 is 5.78 Å². The Hall–Kier alpha value is -1.51. The lowest BCUT2D eigenvalue weighted by Gasteiger charge is -2.23. The zero-order valence-electron chi connectivity index (χ0n) is 14.4. The third-order valence-electron chi connectivity index (χ3n) is 6.58. The van der Waals surface area contributed by atoms with Crippen LogP contribution in [0.1, 0.15) is 52.2 Å². The van der Waals surface area contributed by atoms with E-state index >= 15 is 0 Å². The first-order chi connectivity index (χ1) is 11.0. The fourth-order valence-electron chi connectivity index (χ4n) is 5.14. The normalized spacial score (nSPS) is 36.9. The van der Waals surface area contributed by atoms with Crippen LogP contribution in [0.25, 0.3) is 0 Å². The van der Waals surface area contributed by atoms with Gasteiger partial charge in [-0.05, 0) is 55.1 Å². The average Bonchev–Trinajstić information content (AvgIpc) is 3.04. The lowest BCUT2D eigenvalue weighted by atomic mass is 9.94. The Morgan fingerprint density at radius 1 is 1.39 bits per heavy atom. The summed E-state index contributed by atoms with van der Waals surface area (Å²) in [4.78, 5) is 12.3. The maximum atomic E-state index is 12.3. The average molecular weight is 313 g/mol. The van der Waals surface area contributed by atoms with Gasteiger partial charge >= 0.3 is 0 Å². The van der Waals surface area contributed by atoms with E-state index in [0.29, 0.717) is 35.0 Å². The number of hydrogen-bond acceptors (Lipinski definition) is 3. The number of hydrogen-bond donors (Lipinski definition) is 1. The first-order valence-corrected chi connectivity index (χ1v) is 9.01. The molecule has 4 atom stereocenters. The second-order valence-corrected chi connectivity index (χ2v) is 8.30. The number of carbonyl (C=O) groups is 1. The Labute approximate surface area is 138 Å². The van der Waals surface area contributed by atoms with Crippen molar-refractivity contribution in [2.75, 3.05) is 0 Å². The first kappa shape index (κ1) is 15.0. The standard InChI is InChI=1S/C20H27NO2/c1-12(18-17(22)11-15-19(18)20(15,2)3)21-16-8-4-6-13(16)10-14-7-5-9-23-14/h5,7,9,13,15-16,19,21H,4,6,8,10-11H2,1-3H3. The zero-order chi connectivity index (χ0) is 16.2.